The quantitative estimate of drug-likeness (QED) is 0.419. The third-order valence-electron chi connectivity index (χ3n) is 4.13. The summed E-state index contributed by atoms with van der Waals surface area (Å²) in [5.41, 5.74) is 4.31. The van der Waals surface area contributed by atoms with Crippen LogP contribution in [0.3, 0.4) is 0 Å². The van der Waals surface area contributed by atoms with Gasteiger partial charge in [-0.2, -0.15) is 0 Å². The summed E-state index contributed by atoms with van der Waals surface area (Å²) in [6.45, 7) is 3.01. The highest BCUT2D eigenvalue weighted by Gasteiger charge is 2.13. The molecule has 0 saturated carbocycles. The number of benzene rings is 2. The Balaban J connectivity index is 1.59. The Labute approximate surface area is 164 Å². The Morgan fingerprint density at radius 3 is 2.42 bits per heavy atom. The molecule has 4 aromatic rings. The first kappa shape index (κ1) is 17.0. The van der Waals surface area contributed by atoms with Gasteiger partial charge in [-0.25, -0.2) is 9.97 Å². The van der Waals surface area contributed by atoms with Crippen molar-refractivity contribution in [1.82, 2.24) is 15.0 Å². The van der Waals surface area contributed by atoms with E-state index in [2.05, 4.69) is 91.6 Å². The molecule has 4 nitrogen and oxygen atoms in total. The monoisotopic (exact) mass is 424 g/mol. The maximum absolute atomic E-state index is 4.85. The minimum Gasteiger partial charge on any atom is -0.345 e. The van der Waals surface area contributed by atoms with Crippen molar-refractivity contribution in [3.05, 3.63) is 70.8 Å². The molecule has 4 rings (SSSR count). The van der Waals surface area contributed by atoms with Gasteiger partial charge in [-0.1, -0.05) is 40.2 Å². The van der Waals surface area contributed by atoms with E-state index in [4.69, 9.17) is 4.98 Å². The molecule has 6 heteroatoms. The Morgan fingerprint density at radius 2 is 1.77 bits per heavy atom. The van der Waals surface area contributed by atoms with Crippen molar-refractivity contribution in [2.75, 3.05) is 11.4 Å². The van der Waals surface area contributed by atoms with Crippen LogP contribution in [0, 0.1) is 0 Å². The second-order valence-corrected chi connectivity index (χ2v) is 7.50. The number of anilines is 2. The number of aromatic nitrogens is 3. The molecule has 0 unspecified atom stereocenters. The molecule has 0 aliphatic rings. The largest absolute Gasteiger partial charge is 0.345 e. The molecular formula is C20H17BrN4S. The fourth-order valence-corrected chi connectivity index (χ4v) is 3.98. The molecule has 0 aliphatic carbocycles. The zero-order valence-corrected chi connectivity index (χ0v) is 16.6. The fraction of sp³-hybridized carbons (Fsp3) is 0.100. The summed E-state index contributed by atoms with van der Waals surface area (Å²) in [7, 11) is 0. The number of nitrogens with one attached hydrogen (secondary N) is 1. The summed E-state index contributed by atoms with van der Waals surface area (Å²) in [6, 6.07) is 16.6. The Kier molecular flexibility index (Phi) is 4.86. The number of imidazole rings is 1. The molecule has 0 aliphatic heterocycles. The van der Waals surface area contributed by atoms with Crippen molar-refractivity contribution in [2.45, 2.75) is 6.92 Å². The van der Waals surface area contributed by atoms with Gasteiger partial charge in [-0.15, -0.1) is 11.3 Å². The maximum Gasteiger partial charge on any atom is 0.190 e. The van der Waals surface area contributed by atoms with E-state index in [1.807, 2.05) is 6.20 Å². The van der Waals surface area contributed by atoms with Crippen LogP contribution in [0.1, 0.15) is 6.92 Å². The summed E-state index contributed by atoms with van der Waals surface area (Å²) in [4.78, 5) is 14.5. The predicted octanol–water partition coefficient (Wildman–Crippen LogP) is 6.12. The normalized spacial score (nSPS) is 10.8. The van der Waals surface area contributed by atoms with Gasteiger partial charge < -0.3 is 9.88 Å². The average Bonchev–Trinajstić information content (AvgIpc) is 3.36. The Bertz CT molecular complexity index is 976. The van der Waals surface area contributed by atoms with E-state index >= 15 is 0 Å². The minimum atomic E-state index is 0.867. The van der Waals surface area contributed by atoms with E-state index in [1.54, 1.807) is 17.5 Å². The minimum absolute atomic E-state index is 0.867. The van der Waals surface area contributed by atoms with Crippen LogP contribution in [0.4, 0.5) is 10.8 Å². The summed E-state index contributed by atoms with van der Waals surface area (Å²) in [5.74, 6) is 0.878. The molecule has 2 aromatic carbocycles. The zero-order chi connectivity index (χ0) is 17.9. The Morgan fingerprint density at radius 1 is 1.04 bits per heavy atom. The SMILES string of the molecule is CCN(c1ccc(Br)cc1)c1nc(-c2ccc(-c3ncc[nH]3)cc2)cs1. The third kappa shape index (κ3) is 3.43. The van der Waals surface area contributed by atoms with Gasteiger partial charge in [0.05, 0.1) is 5.69 Å². The topological polar surface area (TPSA) is 44.8 Å². The fourth-order valence-electron chi connectivity index (χ4n) is 2.79. The zero-order valence-electron chi connectivity index (χ0n) is 14.2. The molecule has 0 fully saturated rings. The summed E-state index contributed by atoms with van der Waals surface area (Å²) < 4.78 is 1.08. The van der Waals surface area contributed by atoms with Crippen molar-refractivity contribution < 1.29 is 0 Å². The molecule has 2 aromatic heterocycles. The maximum atomic E-state index is 4.85. The predicted molar refractivity (Wildman–Crippen MR) is 112 cm³/mol. The van der Waals surface area contributed by atoms with E-state index in [9.17, 15) is 0 Å². The van der Waals surface area contributed by atoms with E-state index in [0.29, 0.717) is 0 Å². The lowest BCUT2D eigenvalue weighted by atomic mass is 10.1. The van der Waals surface area contributed by atoms with Crippen LogP contribution >= 0.6 is 27.3 Å². The number of hydrogen-bond donors (Lipinski definition) is 1. The smallest absolute Gasteiger partial charge is 0.190 e. The van der Waals surface area contributed by atoms with Crippen LogP contribution in [-0.2, 0) is 0 Å². The molecule has 0 atom stereocenters. The van der Waals surface area contributed by atoms with Gasteiger partial charge in [-0.05, 0) is 31.2 Å². The van der Waals surface area contributed by atoms with Crippen LogP contribution in [0.5, 0.6) is 0 Å². The molecule has 1 N–H and O–H groups in total. The van der Waals surface area contributed by atoms with Crippen molar-refractivity contribution in [3.8, 4) is 22.6 Å². The molecule has 2 heterocycles. The number of halogens is 1. The molecule has 0 spiro atoms. The summed E-state index contributed by atoms with van der Waals surface area (Å²) in [6.07, 6.45) is 3.59. The lowest BCUT2D eigenvalue weighted by molar-refractivity contribution is 1.01. The van der Waals surface area contributed by atoms with Crippen LogP contribution in [0.15, 0.2) is 70.8 Å². The summed E-state index contributed by atoms with van der Waals surface area (Å²) >= 11 is 5.15. The number of aromatic amines is 1. The molecule has 26 heavy (non-hydrogen) atoms. The first-order valence-corrected chi connectivity index (χ1v) is 10.0. The van der Waals surface area contributed by atoms with Gasteiger partial charge in [0, 0.05) is 45.6 Å². The number of rotatable bonds is 5. The van der Waals surface area contributed by atoms with Gasteiger partial charge in [0.15, 0.2) is 5.13 Å². The second kappa shape index (κ2) is 7.43. The van der Waals surface area contributed by atoms with Crippen LogP contribution in [0.2, 0.25) is 0 Å². The standard InChI is InChI=1S/C20H17BrN4S/c1-2-25(17-9-7-16(21)8-10-17)20-24-18(13-26-20)14-3-5-15(6-4-14)19-22-11-12-23-19/h3-13H,2H2,1H3,(H,22,23). The van der Waals surface area contributed by atoms with Crippen molar-refractivity contribution in [1.29, 1.82) is 0 Å². The van der Waals surface area contributed by atoms with E-state index < -0.39 is 0 Å². The Hall–Kier alpha value is -2.44. The number of thiazole rings is 1. The lowest BCUT2D eigenvalue weighted by Gasteiger charge is -2.19. The van der Waals surface area contributed by atoms with Gasteiger partial charge >= 0.3 is 0 Å². The average molecular weight is 425 g/mol. The molecule has 0 saturated heterocycles. The molecule has 0 amide bonds. The highest BCUT2D eigenvalue weighted by atomic mass is 79.9. The van der Waals surface area contributed by atoms with Crippen molar-refractivity contribution in [3.63, 3.8) is 0 Å². The first-order valence-electron chi connectivity index (χ1n) is 8.33. The third-order valence-corrected chi connectivity index (χ3v) is 5.52. The van der Waals surface area contributed by atoms with Crippen molar-refractivity contribution in [2.24, 2.45) is 0 Å². The lowest BCUT2D eigenvalue weighted by Crippen LogP contribution is -2.15. The molecular weight excluding hydrogens is 408 g/mol. The van der Waals surface area contributed by atoms with Gasteiger partial charge in [0.1, 0.15) is 5.82 Å². The second-order valence-electron chi connectivity index (χ2n) is 5.75. The number of H-pyrrole nitrogens is 1. The van der Waals surface area contributed by atoms with E-state index in [0.717, 1.165) is 44.5 Å². The van der Waals surface area contributed by atoms with Gasteiger partial charge in [0.25, 0.3) is 0 Å². The van der Waals surface area contributed by atoms with Crippen LogP contribution < -0.4 is 4.90 Å². The number of nitrogens with zero attached hydrogens (tertiary/aromatic N) is 3. The molecule has 130 valence electrons. The van der Waals surface area contributed by atoms with E-state index in [1.165, 1.54) is 0 Å². The van der Waals surface area contributed by atoms with E-state index in [-0.39, 0.29) is 0 Å². The highest BCUT2D eigenvalue weighted by Crippen LogP contribution is 2.33. The summed E-state index contributed by atoms with van der Waals surface area (Å²) in [5, 5.41) is 3.11. The molecule has 0 bridgehead atoms. The van der Waals surface area contributed by atoms with Crippen LogP contribution in [-0.4, -0.2) is 21.5 Å². The van der Waals surface area contributed by atoms with Crippen molar-refractivity contribution >= 4 is 38.1 Å². The van der Waals surface area contributed by atoms with Gasteiger partial charge in [-0.3, -0.25) is 0 Å². The first-order chi connectivity index (χ1) is 12.7. The highest BCUT2D eigenvalue weighted by molar-refractivity contribution is 9.10. The van der Waals surface area contributed by atoms with Gasteiger partial charge in [0.2, 0.25) is 0 Å². The molecule has 0 radical (unpaired) electrons. The number of hydrogen-bond acceptors (Lipinski definition) is 4. The van der Waals surface area contributed by atoms with Crippen LogP contribution in [0.25, 0.3) is 22.6 Å².